The Balaban J connectivity index is 2.12. The van der Waals surface area contributed by atoms with Gasteiger partial charge in [0.2, 0.25) is 0 Å². The van der Waals surface area contributed by atoms with E-state index < -0.39 is 5.91 Å². The summed E-state index contributed by atoms with van der Waals surface area (Å²) < 4.78 is 5.96. The zero-order valence-electron chi connectivity index (χ0n) is 12.1. The summed E-state index contributed by atoms with van der Waals surface area (Å²) in [6.45, 7) is 2.26. The van der Waals surface area contributed by atoms with Crippen LogP contribution in [0.1, 0.15) is 22.8 Å². The van der Waals surface area contributed by atoms with Crippen LogP contribution in [-0.4, -0.2) is 28.8 Å². The molecule has 0 saturated carbocycles. The normalized spacial score (nSPS) is 10.7. The second-order valence-corrected chi connectivity index (χ2v) is 5.84. The summed E-state index contributed by atoms with van der Waals surface area (Å²) >= 11 is 7.83. The maximum absolute atomic E-state index is 11.9. The monoisotopic (exact) mass is 445 g/mol. The molecule has 1 heterocycles. The van der Waals surface area contributed by atoms with Crippen molar-refractivity contribution in [2.45, 2.75) is 6.92 Å². The van der Waals surface area contributed by atoms with Crippen LogP contribution >= 0.6 is 34.2 Å². The number of benzene rings is 1. The van der Waals surface area contributed by atoms with E-state index >= 15 is 0 Å². The number of ether oxygens (including phenoxy) is 1. The van der Waals surface area contributed by atoms with Crippen molar-refractivity contribution in [2.75, 3.05) is 6.61 Å². The van der Waals surface area contributed by atoms with Gasteiger partial charge in [-0.25, -0.2) is 10.4 Å². The molecule has 0 fully saturated rings. The summed E-state index contributed by atoms with van der Waals surface area (Å²) in [5, 5.41) is 13.9. The summed E-state index contributed by atoms with van der Waals surface area (Å²) in [4.78, 5) is 15.8. The predicted octanol–water partition coefficient (Wildman–Crippen LogP) is 3.21. The highest BCUT2D eigenvalue weighted by Gasteiger charge is 2.10. The number of aromatic hydroxyl groups is 1. The highest BCUT2D eigenvalue weighted by atomic mass is 127. The zero-order chi connectivity index (χ0) is 16.8. The van der Waals surface area contributed by atoms with Crippen molar-refractivity contribution in [1.82, 2.24) is 10.4 Å². The van der Waals surface area contributed by atoms with Crippen LogP contribution in [0.25, 0.3) is 0 Å². The van der Waals surface area contributed by atoms with Crippen LogP contribution < -0.4 is 10.2 Å². The van der Waals surface area contributed by atoms with Crippen molar-refractivity contribution in [2.24, 2.45) is 5.10 Å². The lowest BCUT2D eigenvalue weighted by Crippen LogP contribution is -2.18. The lowest BCUT2D eigenvalue weighted by Gasteiger charge is -2.08. The largest absolute Gasteiger partial charge is 0.504 e. The molecule has 1 aromatic carbocycles. The smallest absolute Gasteiger partial charge is 0.274 e. The first-order chi connectivity index (χ1) is 11.0. The quantitative estimate of drug-likeness (QED) is 0.320. The number of aromatic nitrogens is 1. The average molecular weight is 446 g/mol. The minimum atomic E-state index is -0.460. The Bertz CT molecular complexity index is 753. The number of nitrogens with zero attached hydrogens (tertiary/aromatic N) is 2. The molecular weight excluding hydrogens is 433 g/mol. The standard InChI is InChI=1S/C15H13ClIN3O3/c1-2-23-12-7-9(6-11(17)13(12)21)8-19-20-15(22)10-4-3-5-18-14(10)16/h3-8,21H,2H2,1H3,(H,20,22). The Labute approximate surface area is 151 Å². The van der Waals surface area contributed by atoms with Gasteiger partial charge in [-0.3, -0.25) is 4.79 Å². The van der Waals surface area contributed by atoms with Crippen molar-refractivity contribution in [3.63, 3.8) is 0 Å². The predicted molar refractivity (Wildman–Crippen MR) is 96.3 cm³/mol. The Hall–Kier alpha value is -1.87. The van der Waals surface area contributed by atoms with Gasteiger partial charge in [0, 0.05) is 6.20 Å². The number of carbonyl (C=O) groups excluding carboxylic acids is 1. The fourth-order valence-electron chi connectivity index (χ4n) is 1.71. The lowest BCUT2D eigenvalue weighted by molar-refractivity contribution is 0.0955. The number of carbonyl (C=O) groups is 1. The SMILES string of the molecule is CCOc1cc(C=NNC(=O)c2cccnc2Cl)cc(I)c1O. The molecule has 2 N–H and O–H groups in total. The Morgan fingerprint density at radius 2 is 2.35 bits per heavy atom. The minimum absolute atomic E-state index is 0.0794. The molecule has 1 amide bonds. The van der Waals surface area contributed by atoms with Gasteiger partial charge in [-0.2, -0.15) is 5.10 Å². The van der Waals surface area contributed by atoms with Gasteiger partial charge in [-0.15, -0.1) is 0 Å². The summed E-state index contributed by atoms with van der Waals surface area (Å²) in [5.74, 6) is -0.0175. The van der Waals surface area contributed by atoms with E-state index in [4.69, 9.17) is 16.3 Å². The van der Waals surface area contributed by atoms with Crippen LogP contribution in [0, 0.1) is 3.57 Å². The van der Waals surface area contributed by atoms with Crippen molar-refractivity contribution >= 4 is 46.3 Å². The summed E-state index contributed by atoms with van der Waals surface area (Å²) in [6.07, 6.45) is 2.95. The third kappa shape index (κ3) is 4.55. The molecule has 0 spiro atoms. The Morgan fingerprint density at radius 3 is 3.04 bits per heavy atom. The summed E-state index contributed by atoms with van der Waals surface area (Å²) in [5.41, 5.74) is 3.29. The number of hydrazone groups is 1. The molecule has 1 aromatic heterocycles. The molecule has 8 heteroatoms. The van der Waals surface area contributed by atoms with E-state index in [9.17, 15) is 9.90 Å². The fraction of sp³-hybridized carbons (Fsp3) is 0.133. The number of amides is 1. The second kappa shape index (κ2) is 8.11. The second-order valence-electron chi connectivity index (χ2n) is 4.32. The first-order valence-corrected chi connectivity index (χ1v) is 8.07. The number of phenolic OH excluding ortho intramolecular Hbond substituents is 1. The van der Waals surface area contributed by atoms with Crippen LogP contribution in [0.15, 0.2) is 35.6 Å². The number of phenols is 1. The molecule has 0 saturated heterocycles. The van der Waals surface area contributed by atoms with Crippen molar-refractivity contribution in [1.29, 1.82) is 0 Å². The third-order valence-corrected chi connectivity index (χ3v) is 3.86. The molecule has 0 atom stereocenters. The van der Waals surface area contributed by atoms with Gasteiger partial charge in [-0.1, -0.05) is 11.6 Å². The Morgan fingerprint density at radius 1 is 1.57 bits per heavy atom. The van der Waals surface area contributed by atoms with Crippen LogP contribution in [0.3, 0.4) is 0 Å². The molecule has 0 radical (unpaired) electrons. The van der Waals surface area contributed by atoms with Crippen LogP contribution in [0.5, 0.6) is 11.5 Å². The van der Waals surface area contributed by atoms with Crippen LogP contribution in [0.4, 0.5) is 0 Å². The van der Waals surface area contributed by atoms with E-state index in [1.165, 1.54) is 12.4 Å². The van der Waals surface area contributed by atoms with Gasteiger partial charge in [0.25, 0.3) is 5.91 Å². The number of rotatable bonds is 5. The minimum Gasteiger partial charge on any atom is -0.504 e. The molecule has 0 aliphatic heterocycles. The van der Waals surface area contributed by atoms with E-state index in [1.54, 1.807) is 24.3 Å². The summed E-state index contributed by atoms with van der Waals surface area (Å²) in [6, 6.07) is 6.51. The van der Waals surface area contributed by atoms with Gasteiger partial charge in [0.15, 0.2) is 11.5 Å². The van der Waals surface area contributed by atoms with Gasteiger partial charge < -0.3 is 9.84 Å². The molecule has 0 unspecified atom stereocenters. The van der Waals surface area contributed by atoms with Crippen LogP contribution in [-0.2, 0) is 0 Å². The zero-order valence-corrected chi connectivity index (χ0v) is 15.0. The van der Waals surface area contributed by atoms with E-state index in [0.717, 1.165) is 0 Å². The van der Waals surface area contributed by atoms with E-state index in [2.05, 4.69) is 15.5 Å². The van der Waals surface area contributed by atoms with Crippen molar-refractivity contribution < 1.29 is 14.6 Å². The van der Waals surface area contributed by atoms with Crippen molar-refractivity contribution in [3.05, 3.63) is 50.3 Å². The topological polar surface area (TPSA) is 83.8 Å². The maximum Gasteiger partial charge on any atom is 0.274 e. The van der Waals surface area contributed by atoms with Crippen molar-refractivity contribution in [3.8, 4) is 11.5 Å². The molecule has 0 bridgehead atoms. The molecule has 0 aliphatic carbocycles. The number of nitrogens with one attached hydrogen (secondary N) is 1. The summed E-state index contributed by atoms with van der Waals surface area (Å²) in [7, 11) is 0. The number of hydrogen-bond acceptors (Lipinski definition) is 5. The Kier molecular flexibility index (Phi) is 6.17. The van der Waals surface area contributed by atoms with Gasteiger partial charge >= 0.3 is 0 Å². The molecule has 2 rings (SSSR count). The average Bonchev–Trinajstić information content (AvgIpc) is 2.52. The number of halogens is 2. The molecule has 120 valence electrons. The fourth-order valence-corrected chi connectivity index (χ4v) is 2.55. The lowest BCUT2D eigenvalue weighted by atomic mass is 10.2. The molecule has 0 aliphatic rings. The van der Waals surface area contributed by atoms with E-state index in [-0.39, 0.29) is 16.5 Å². The highest BCUT2D eigenvalue weighted by Crippen LogP contribution is 2.32. The highest BCUT2D eigenvalue weighted by molar-refractivity contribution is 14.1. The molecule has 23 heavy (non-hydrogen) atoms. The molecule has 2 aromatic rings. The van der Waals surface area contributed by atoms with E-state index in [0.29, 0.717) is 21.5 Å². The van der Waals surface area contributed by atoms with Gasteiger partial charge in [0.1, 0.15) is 5.15 Å². The molecule has 6 nitrogen and oxygen atoms in total. The number of hydrogen-bond donors (Lipinski definition) is 2. The molecular formula is C15H13ClIN3O3. The first-order valence-electron chi connectivity index (χ1n) is 6.62. The third-order valence-electron chi connectivity index (χ3n) is 2.73. The van der Waals surface area contributed by atoms with E-state index in [1.807, 2.05) is 29.5 Å². The van der Waals surface area contributed by atoms with Gasteiger partial charge in [-0.05, 0) is 59.3 Å². The van der Waals surface area contributed by atoms with Crippen LogP contribution in [0.2, 0.25) is 5.15 Å². The first kappa shape index (κ1) is 17.5. The number of pyridine rings is 1. The maximum atomic E-state index is 11.9. The van der Waals surface area contributed by atoms with Gasteiger partial charge in [0.05, 0.1) is 22.0 Å².